The van der Waals surface area contributed by atoms with E-state index in [1.165, 1.54) is 95.5 Å². The number of unbranched alkanes of at least 4 members (excludes halogenated alkanes) is 11. The van der Waals surface area contributed by atoms with Gasteiger partial charge in [0.1, 0.15) is 31.0 Å². The van der Waals surface area contributed by atoms with Crippen LogP contribution in [0, 0.1) is 52.3 Å². The average molecular weight is 907 g/mol. The molecule has 1 heterocycles. The number of aliphatic hydroxyl groups excluding tert-OH is 3. The van der Waals surface area contributed by atoms with Gasteiger partial charge in [0.25, 0.3) is 0 Å². The van der Waals surface area contributed by atoms with Crippen molar-refractivity contribution >= 4 is 5.97 Å². The van der Waals surface area contributed by atoms with Crippen molar-refractivity contribution in [3.8, 4) is 0 Å². The average Bonchev–Trinajstić information content (AvgIpc) is 3.65. The third-order valence-corrected chi connectivity index (χ3v) is 18.0. The van der Waals surface area contributed by atoms with E-state index in [9.17, 15) is 20.1 Å². The lowest BCUT2D eigenvalue weighted by Gasteiger charge is -2.58. The van der Waals surface area contributed by atoms with E-state index < -0.39 is 30.7 Å². The Morgan fingerprint density at radius 3 is 2.08 bits per heavy atom. The molecule has 65 heavy (non-hydrogen) atoms. The number of carbonyl (C=O) groups is 1. The first-order valence-corrected chi connectivity index (χ1v) is 27.4. The number of ether oxygens (including phenoxy) is 3. The molecular formula is C58H98O7. The van der Waals surface area contributed by atoms with Gasteiger partial charge in [0, 0.05) is 6.42 Å². The Morgan fingerprint density at radius 2 is 1.40 bits per heavy atom. The maximum Gasteiger partial charge on any atom is 0.305 e. The lowest BCUT2D eigenvalue weighted by atomic mass is 9.47. The van der Waals surface area contributed by atoms with Crippen molar-refractivity contribution in [2.24, 2.45) is 52.3 Å². The predicted molar refractivity (Wildman–Crippen MR) is 267 cm³/mol. The third kappa shape index (κ3) is 15.4. The van der Waals surface area contributed by atoms with Crippen LogP contribution in [0.1, 0.15) is 215 Å². The summed E-state index contributed by atoms with van der Waals surface area (Å²) in [6.07, 6.45) is 39.6. The van der Waals surface area contributed by atoms with Crippen molar-refractivity contribution in [1.82, 2.24) is 0 Å². The fourth-order valence-corrected chi connectivity index (χ4v) is 13.3. The molecule has 1 saturated heterocycles. The van der Waals surface area contributed by atoms with Crippen LogP contribution in [0.25, 0.3) is 0 Å². The highest BCUT2D eigenvalue weighted by Crippen LogP contribution is 2.67. The molecule has 0 bridgehead atoms. The smallest absolute Gasteiger partial charge is 0.305 e. The van der Waals surface area contributed by atoms with Crippen molar-refractivity contribution in [2.75, 3.05) is 6.61 Å². The maximum atomic E-state index is 12.7. The first kappa shape index (κ1) is 54.2. The number of aliphatic hydroxyl groups is 3. The van der Waals surface area contributed by atoms with E-state index in [-0.39, 0.29) is 24.1 Å². The normalized spacial score (nSPS) is 34.8. The Bertz CT molecular complexity index is 1500. The van der Waals surface area contributed by atoms with Gasteiger partial charge in [-0.05, 0) is 149 Å². The number of hydrogen-bond donors (Lipinski definition) is 3. The van der Waals surface area contributed by atoms with Gasteiger partial charge >= 0.3 is 5.97 Å². The molecule has 14 atom stereocenters. The fourth-order valence-electron chi connectivity index (χ4n) is 13.3. The molecule has 5 rings (SSSR count). The van der Waals surface area contributed by atoms with Crippen LogP contribution in [0.3, 0.4) is 0 Å². The van der Waals surface area contributed by atoms with Gasteiger partial charge in [-0.25, -0.2) is 0 Å². The Hall–Kier alpha value is -1.77. The van der Waals surface area contributed by atoms with Crippen molar-refractivity contribution in [3.63, 3.8) is 0 Å². The van der Waals surface area contributed by atoms with Crippen LogP contribution < -0.4 is 0 Å². The molecule has 3 saturated carbocycles. The molecule has 1 aliphatic heterocycles. The molecule has 4 fully saturated rings. The molecule has 0 spiro atoms. The molecule has 0 amide bonds. The van der Waals surface area contributed by atoms with E-state index in [0.29, 0.717) is 17.8 Å². The summed E-state index contributed by atoms with van der Waals surface area (Å²) in [5, 5.41) is 32.6. The molecule has 14 unspecified atom stereocenters. The van der Waals surface area contributed by atoms with Crippen LogP contribution in [-0.4, -0.2) is 64.7 Å². The molecular weight excluding hydrogens is 809 g/mol. The zero-order valence-electron chi connectivity index (χ0n) is 42.6. The summed E-state index contributed by atoms with van der Waals surface area (Å²) in [6, 6.07) is 0. The Morgan fingerprint density at radius 1 is 0.754 bits per heavy atom. The first-order chi connectivity index (χ1) is 31.3. The van der Waals surface area contributed by atoms with E-state index >= 15 is 0 Å². The molecule has 3 N–H and O–H groups in total. The molecule has 5 aliphatic rings. The fraction of sp³-hybridized carbons (Fsp3) is 0.845. The van der Waals surface area contributed by atoms with E-state index in [2.05, 4.69) is 91.0 Å². The van der Waals surface area contributed by atoms with E-state index in [1.54, 1.807) is 0 Å². The second kappa shape index (κ2) is 27.4. The predicted octanol–water partition coefficient (Wildman–Crippen LogP) is 13.9. The van der Waals surface area contributed by atoms with Crippen LogP contribution in [0.5, 0.6) is 0 Å². The summed E-state index contributed by atoms with van der Waals surface area (Å²) < 4.78 is 18.1. The SMILES string of the molecule is CCCCCCC/C=C\C/C=C\C/C=C\CCCCCCCCC(=O)OCC1OC(OC2CCC3(C)C(=CCC4C3CCC3(C)C(C(C)CCC(C)C(C)C)CCC43)C2)C(O)C(O)C1O. The highest BCUT2D eigenvalue weighted by Gasteiger charge is 2.59. The van der Waals surface area contributed by atoms with Gasteiger partial charge in [-0.2, -0.15) is 0 Å². The van der Waals surface area contributed by atoms with Gasteiger partial charge in [-0.1, -0.05) is 161 Å². The summed E-state index contributed by atoms with van der Waals surface area (Å²) >= 11 is 0. The summed E-state index contributed by atoms with van der Waals surface area (Å²) in [5.41, 5.74) is 2.11. The molecule has 7 nitrogen and oxygen atoms in total. The van der Waals surface area contributed by atoms with Gasteiger partial charge in [0.15, 0.2) is 6.29 Å². The summed E-state index contributed by atoms with van der Waals surface area (Å²) in [6.45, 7) is 17.0. The second-order valence-electron chi connectivity index (χ2n) is 22.7. The first-order valence-electron chi connectivity index (χ1n) is 27.4. The topological polar surface area (TPSA) is 105 Å². The lowest BCUT2D eigenvalue weighted by molar-refractivity contribution is -0.313. The molecule has 372 valence electrons. The number of carbonyl (C=O) groups excluding carboxylic acids is 1. The summed E-state index contributed by atoms with van der Waals surface area (Å²) in [4.78, 5) is 12.7. The number of rotatable bonds is 28. The standard InChI is InChI=1S/C58H98O7/c1-8-9-10-11-12-13-14-15-16-17-18-19-20-21-22-23-24-25-26-27-28-29-52(59)63-41-51-53(60)54(61)55(62)56(65-51)64-46-36-38-57(6)45(40-46)32-33-47-49-35-34-48(58(49,7)39-37-50(47)57)44(5)31-30-43(4)42(2)3/h14-15,17-18,20-21,32,42-44,46-51,53-56,60-62H,8-13,16,19,22-31,33-41H2,1-7H3/b15-14-,18-17-,21-20-. The molecule has 0 aromatic heterocycles. The van der Waals surface area contributed by atoms with Crippen LogP contribution in [0.2, 0.25) is 0 Å². The van der Waals surface area contributed by atoms with Crippen LogP contribution in [0.15, 0.2) is 48.1 Å². The number of allylic oxidation sites excluding steroid dienone is 7. The largest absolute Gasteiger partial charge is 0.463 e. The monoisotopic (exact) mass is 907 g/mol. The van der Waals surface area contributed by atoms with Crippen molar-refractivity contribution in [2.45, 2.75) is 252 Å². The van der Waals surface area contributed by atoms with Gasteiger partial charge in [0.2, 0.25) is 0 Å². The zero-order chi connectivity index (χ0) is 46.8. The van der Waals surface area contributed by atoms with Gasteiger partial charge in [-0.15, -0.1) is 0 Å². The van der Waals surface area contributed by atoms with Gasteiger partial charge < -0.3 is 29.5 Å². The zero-order valence-corrected chi connectivity index (χ0v) is 42.6. The van der Waals surface area contributed by atoms with Gasteiger partial charge in [0.05, 0.1) is 6.10 Å². The molecule has 7 heteroatoms. The van der Waals surface area contributed by atoms with Crippen LogP contribution in [0.4, 0.5) is 0 Å². The van der Waals surface area contributed by atoms with Crippen molar-refractivity contribution < 1.29 is 34.3 Å². The summed E-state index contributed by atoms with van der Waals surface area (Å²) in [7, 11) is 0. The Labute approximate surface area is 398 Å². The van der Waals surface area contributed by atoms with Gasteiger partial charge in [-0.3, -0.25) is 4.79 Å². The Kier molecular flexibility index (Phi) is 22.9. The quantitative estimate of drug-likeness (QED) is 0.0408. The van der Waals surface area contributed by atoms with Crippen molar-refractivity contribution in [3.05, 3.63) is 48.1 Å². The van der Waals surface area contributed by atoms with Crippen LogP contribution >= 0.6 is 0 Å². The second-order valence-corrected chi connectivity index (χ2v) is 22.7. The molecule has 0 aromatic rings. The number of esters is 1. The third-order valence-electron chi connectivity index (χ3n) is 18.0. The Balaban J connectivity index is 0.954. The highest BCUT2D eigenvalue weighted by atomic mass is 16.7. The minimum Gasteiger partial charge on any atom is -0.463 e. The molecule has 4 aliphatic carbocycles. The van der Waals surface area contributed by atoms with E-state index in [1.807, 2.05) is 0 Å². The molecule has 0 aromatic carbocycles. The minimum absolute atomic E-state index is 0.147. The maximum absolute atomic E-state index is 12.7. The summed E-state index contributed by atoms with van der Waals surface area (Å²) in [5.74, 6) is 5.12. The van der Waals surface area contributed by atoms with Crippen molar-refractivity contribution in [1.29, 1.82) is 0 Å². The van der Waals surface area contributed by atoms with E-state index in [4.69, 9.17) is 14.2 Å². The minimum atomic E-state index is -1.45. The lowest BCUT2D eigenvalue weighted by Crippen LogP contribution is -2.60. The highest BCUT2D eigenvalue weighted by molar-refractivity contribution is 5.69. The van der Waals surface area contributed by atoms with E-state index in [0.717, 1.165) is 106 Å². The number of hydrogen-bond acceptors (Lipinski definition) is 7. The number of fused-ring (bicyclic) bond motifs is 5. The molecule has 0 radical (unpaired) electrons. The van der Waals surface area contributed by atoms with Crippen LogP contribution in [-0.2, 0) is 19.0 Å².